The van der Waals surface area contributed by atoms with E-state index in [-0.39, 0.29) is 6.23 Å². The van der Waals surface area contributed by atoms with Gasteiger partial charge in [-0.1, -0.05) is 11.9 Å². The Bertz CT molecular complexity index is 62.0. The van der Waals surface area contributed by atoms with E-state index in [0.717, 1.165) is 0 Å². The molecule has 1 rings (SSSR count). The number of aliphatic hydroxyl groups excluding tert-OH is 2. The number of hydrogen-bond acceptors (Lipinski definition) is 3. The van der Waals surface area contributed by atoms with Crippen molar-refractivity contribution in [2.45, 2.75) is 6.10 Å². The van der Waals surface area contributed by atoms with Gasteiger partial charge in [0.1, 0.15) is 6.10 Å². The first-order valence-corrected chi connectivity index (χ1v) is 2.82. The Morgan fingerprint density at radius 3 is 2.71 bits per heavy atom. The lowest BCUT2D eigenvalue weighted by atomic mass is 10.4. The van der Waals surface area contributed by atoms with Crippen LogP contribution in [0.25, 0.3) is 0 Å². The van der Waals surface area contributed by atoms with Crippen LogP contribution in [0.3, 0.4) is 0 Å². The van der Waals surface area contributed by atoms with Crippen molar-refractivity contribution in [3.05, 3.63) is 6.23 Å². The molecule has 0 aromatic rings. The minimum absolute atomic E-state index is 0.148. The minimum Gasteiger partial charge on any atom is -0.387 e. The Hall–Kier alpha value is 0.230. The first-order chi connectivity index (χ1) is 3.30. The van der Waals surface area contributed by atoms with Crippen molar-refractivity contribution in [3.63, 3.8) is 0 Å². The molecule has 1 aliphatic rings. The molecule has 0 amide bonds. The SMILES string of the molecule is O[C]1[N]SCC1O. The summed E-state index contributed by atoms with van der Waals surface area (Å²) in [5, 5.41) is 17.1. The molecule has 0 spiro atoms. The van der Waals surface area contributed by atoms with Crippen molar-refractivity contribution < 1.29 is 10.2 Å². The number of rotatable bonds is 0. The molecule has 1 unspecified atom stereocenters. The second-order valence-electron chi connectivity index (χ2n) is 1.26. The fourth-order valence-electron chi connectivity index (χ4n) is 0.309. The van der Waals surface area contributed by atoms with Crippen LogP contribution in [0.4, 0.5) is 0 Å². The quantitative estimate of drug-likeness (QED) is 0.422. The number of nitrogens with zero attached hydrogens (tertiary/aromatic N) is 1. The van der Waals surface area contributed by atoms with Crippen LogP contribution in [0.5, 0.6) is 0 Å². The van der Waals surface area contributed by atoms with Gasteiger partial charge in [0.25, 0.3) is 0 Å². The fraction of sp³-hybridized carbons (Fsp3) is 0.667. The molecular formula is C3H5NO2S. The van der Waals surface area contributed by atoms with Gasteiger partial charge in [-0.2, -0.15) is 0 Å². The molecule has 4 heteroatoms. The third-order valence-corrected chi connectivity index (χ3v) is 1.47. The lowest BCUT2D eigenvalue weighted by Gasteiger charge is -1.98. The zero-order valence-electron chi connectivity index (χ0n) is 3.53. The van der Waals surface area contributed by atoms with E-state index in [1.165, 1.54) is 11.9 Å². The zero-order valence-corrected chi connectivity index (χ0v) is 4.35. The maximum Gasteiger partial charge on any atom is 0.216 e. The summed E-state index contributed by atoms with van der Waals surface area (Å²) < 4.78 is 3.46. The number of hydrogen-bond donors (Lipinski definition) is 2. The van der Waals surface area contributed by atoms with Gasteiger partial charge in [0.15, 0.2) is 0 Å². The summed E-state index contributed by atoms with van der Waals surface area (Å²) in [5.74, 6) is 0.492. The van der Waals surface area contributed by atoms with Gasteiger partial charge in [-0.25, -0.2) is 0 Å². The van der Waals surface area contributed by atoms with Crippen LogP contribution in [-0.2, 0) is 0 Å². The highest BCUT2D eigenvalue weighted by Gasteiger charge is 2.25. The molecular weight excluding hydrogens is 114 g/mol. The zero-order chi connectivity index (χ0) is 5.28. The predicted octanol–water partition coefficient (Wildman–Crippen LogP) is -0.525. The van der Waals surface area contributed by atoms with Crippen LogP contribution in [-0.4, -0.2) is 22.1 Å². The summed E-state index contributed by atoms with van der Waals surface area (Å²) in [6.45, 7) is 0. The van der Waals surface area contributed by atoms with Crippen LogP contribution in [0, 0.1) is 6.23 Å². The Balaban J connectivity index is 2.33. The van der Waals surface area contributed by atoms with Crippen molar-refractivity contribution in [1.29, 1.82) is 0 Å². The smallest absolute Gasteiger partial charge is 0.216 e. The molecule has 3 nitrogen and oxygen atoms in total. The molecule has 2 N–H and O–H groups in total. The highest BCUT2D eigenvalue weighted by Crippen LogP contribution is 2.18. The largest absolute Gasteiger partial charge is 0.387 e. The lowest BCUT2D eigenvalue weighted by Crippen LogP contribution is -2.16. The van der Waals surface area contributed by atoms with E-state index in [1.807, 2.05) is 0 Å². The Morgan fingerprint density at radius 2 is 2.57 bits per heavy atom. The van der Waals surface area contributed by atoms with Crippen LogP contribution < -0.4 is 4.72 Å². The molecule has 7 heavy (non-hydrogen) atoms. The Morgan fingerprint density at radius 1 is 1.86 bits per heavy atom. The van der Waals surface area contributed by atoms with Crippen LogP contribution in [0.2, 0.25) is 0 Å². The van der Waals surface area contributed by atoms with E-state index in [0.29, 0.717) is 5.75 Å². The molecule has 1 fully saturated rings. The minimum atomic E-state index is -0.718. The van der Waals surface area contributed by atoms with Gasteiger partial charge < -0.3 is 10.2 Å². The molecule has 2 radical (unpaired) electrons. The van der Waals surface area contributed by atoms with Crippen LogP contribution >= 0.6 is 11.9 Å². The van der Waals surface area contributed by atoms with E-state index in [2.05, 4.69) is 4.72 Å². The van der Waals surface area contributed by atoms with Gasteiger partial charge in [0.2, 0.25) is 6.23 Å². The first-order valence-electron chi connectivity index (χ1n) is 1.87. The van der Waals surface area contributed by atoms with Crippen molar-refractivity contribution in [1.82, 2.24) is 4.72 Å². The van der Waals surface area contributed by atoms with Crippen molar-refractivity contribution in [2.24, 2.45) is 0 Å². The monoisotopic (exact) mass is 119 g/mol. The maximum atomic E-state index is 8.60. The van der Waals surface area contributed by atoms with E-state index < -0.39 is 6.10 Å². The van der Waals surface area contributed by atoms with Gasteiger partial charge in [0.05, 0.1) is 0 Å². The molecule has 0 aromatic carbocycles. The summed E-state index contributed by atoms with van der Waals surface area (Å²) in [5.41, 5.74) is 0. The van der Waals surface area contributed by atoms with Gasteiger partial charge >= 0.3 is 0 Å². The van der Waals surface area contributed by atoms with Crippen molar-refractivity contribution in [2.75, 3.05) is 5.75 Å². The lowest BCUT2D eigenvalue weighted by molar-refractivity contribution is 0.117. The molecule has 40 valence electrons. The summed E-state index contributed by atoms with van der Waals surface area (Å²) >= 11 is 1.18. The molecule has 0 aromatic heterocycles. The predicted molar refractivity (Wildman–Crippen MR) is 25.8 cm³/mol. The van der Waals surface area contributed by atoms with E-state index in [9.17, 15) is 0 Å². The van der Waals surface area contributed by atoms with E-state index in [4.69, 9.17) is 10.2 Å². The molecule has 1 atom stereocenters. The Labute approximate surface area is 45.9 Å². The topological polar surface area (TPSA) is 54.6 Å². The van der Waals surface area contributed by atoms with Crippen LogP contribution in [0.15, 0.2) is 0 Å². The average Bonchev–Trinajstić information content (AvgIpc) is 1.91. The summed E-state index contributed by atoms with van der Waals surface area (Å²) in [4.78, 5) is 0. The fourth-order valence-corrected chi connectivity index (χ4v) is 0.928. The van der Waals surface area contributed by atoms with Gasteiger partial charge in [-0.3, -0.25) is 0 Å². The van der Waals surface area contributed by atoms with Gasteiger partial charge in [0, 0.05) is 5.75 Å². The first kappa shape index (κ1) is 5.37. The molecule has 1 saturated heterocycles. The highest BCUT2D eigenvalue weighted by atomic mass is 32.2. The van der Waals surface area contributed by atoms with Crippen molar-refractivity contribution >= 4 is 11.9 Å². The van der Waals surface area contributed by atoms with E-state index in [1.54, 1.807) is 0 Å². The highest BCUT2D eigenvalue weighted by molar-refractivity contribution is 7.97. The molecule has 0 saturated carbocycles. The number of aliphatic hydroxyl groups is 2. The molecule has 1 aliphatic heterocycles. The van der Waals surface area contributed by atoms with Crippen LogP contribution in [0.1, 0.15) is 0 Å². The van der Waals surface area contributed by atoms with Gasteiger partial charge in [-0.05, 0) is 0 Å². The second kappa shape index (κ2) is 2.00. The summed E-state index contributed by atoms with van der Waals surface area (Å²) in [6.07, 6.45) is -0.866. The third-order valence-electron chi connectivity index (χ3n) is 0.689. The third kappa shape index (κ3) is 1.07. The maximum absolute atomic E-state index is 8.60. The second-order valence-corrected chi connectivity index (χ2v) is 2.04. The average molecular weight is 119 g/mol. The summed E-state index contributed by atoms with van der Waals surface area (Å²) in [7, 11) is 0. The molecule has 1 heterocycles. The Kier molecular flexibility index (Phi) is 1.53. The molecule has 0 bridgehead atoms. The van der Waals surface area contributed by atoms with Gasteiger partial charge in [-0.15, -0.1) is 4.72 Å². The standard InChI is InChI=1S/C3H5NO2S/c5-2-1-7-4-3(2)6/h2,5-6H,1H2. The van der Waals surface area contributed by atoms with E-state index >= 15 is 0 Å². The normalized spacial score (nSPS) is 34.3. The summed E-state index contributed by atoms with van der Waals surface area (Å²) in [6, 6.07) is 0. The van der Waals surface area contributed by atoms with Crippen molar-refractivity contribution in [3.8, 4) is 0 Å². The molecule has 0 aliphatic carbocycles.